The van der Waals surface area contributed by atoms with Gasteiger partial charge in [-0.05, 0) is 81.8 Å². The van der Waals surface area contributed by atoms with Crippen molar-refractivity contribution in [3.05, 3.63) is 70.0 Å². The summed E-state index contributed by atoms with van der Waals surface area (Å²) in [5.74, 6) is -7.23. The Hall–Kier alpha value is -4.52. The summed E-state index contributed by atoms with van der Waals surface area (Å²) < 4.78 is 0. The molecule has 0 aromatic heterocycles. The second-order valence-electron chi connectivity index (χ2n) is 12.6. The molecule has 0 aliphatic heterocycles. The number of nitrogens with zero attached hydrogens (tertiary/aromatic N) is 3. The second-order valence-corrected chi connectivity index (χ2v) is 12.6. The van der Waals surface area contributed by atoms with E-state index in [0.29, 0.717) is 35.3 Å². The number of nitrogens with two attached hydrogens (primary N) is 1. The summed E-state index contributed by atoms with van der Waals surface area (Å²) in [5.41, 5.74) is 3.83. The molecule has 3 aliphatic carbocycles. The minimum atomic E-state index is -2.70. The number of aliphatic hydroxyl groups is 3. The topological polar surface area (TPSA) is 185 Å². The third kappa shape index (κ3) is 4.98. The zero-order chi connectivity index (χ0) is 33.1. The smallest absolute Gasteiger partial charge is 0.255 e. The van der Waals surface area contributed by atoms with Gasteiger partial charge in [-0.3, -0.25) is 24.1 Å². The summed E-state index contributed by atoms with van der Waals surface area (Å²) >= 11 is 0. The highest BCUT2D eigenvalue weighted by atomic mass is 16.3. The van der Waals surface area contributed by atoms with E-state index in [9.17, 15) is 39.6 Å². The minimum Gasteiger partial charge on any atom is -0.508 e. The fourth-order valence-electron chi connectivity index (χ4n) is 7.01. The highest BCUT2D eigenvalue weighted by molar-refractivity contribution is 6.24. The number of Topliss-reactive ketones (excluding diaryl/α,β-unsaturated/α-hetero) is 2. The predicted octanol–water partition coefficient (Wildman–Crippen LogP) is 1.26. The standard InChI is InChI=1S/C33H38N4O8/c1-35(2)11-12-37(5)32(44)17-8-6-7-16(13-17)19-9-10-22(38)24-20(19)14-18-15-21-26(36(3)4)28(40)25(31(34)43)30(42)33(21,45)29(41)23(18)27(24)39/h6-10,13,18,21,26,38-39,42,45H,11-12,14-15H2,1-5H3,(H2,34,43)/t18-,21-,26-,33-/m0/s1. The molecule has 3 aliphatic rings. The van der Waals surface area contributed by atoms with Crippen molar-refractivity contribution < 1.29 is 39.6 Å². The quantitative estimate of drug-likeness (QED) is 0.283. The zero-order valence-corrected chi connectivity index (χ0v) is 25.9. The molecule has 0 bridgehead atoms. The van der Waals surface area contributed by atoms with E-state index >= 15 is 0 Å². The van der Waals surface area contributed by atoms with Gasteiger partial charge in [0.25, 0.3) is 11.8 Å². The van der Waals surface area contributed by atoms with Crippen LogP contribution in [0.15, 0.2) is 53.3 Å². The molecule has 2 aromatic rings. The first-order valence-electron chi connectivity index (χ1n) is 14.6. The Balaban J connectivity index is 1.62. The van der Waals surface area contributed by atoms with Gasteiger partial charge in [-0.25, -0.2) is 0 Å². The molecule has 1 fully saturated rings. The number of amides is 2. The van der Waals surface area contributed by atoms with Crippen molar-refractivity contribution in [2.45, 2.75) is 24.5 Å². The number of likely N-dealkylation sites (N-methyl/N-ethyl adjacent to an activating group) is 3. The molecule has 45 heavy (non-hydrogen) atoms. The van der Waals surface area contributed by atoms with Gasteiger partial charge in [-0.15, -0.1) is 0 Å². The average Bonchev–Trinajstić information content (AvgIpc) is 2.97. The summed E-state index contributed by atoms with van der Waals surface area (Å²) in [7, 11) is 8.68. The Morgan fingerprint density at radius 3 is 2.31 bits per heavy atom. The molecular weight excluding hydrogens is 580 g/mol. The maximum Gasteiger partial charge on any atom is 0.255 e. The number of benzene rings is 2. The molecule has 0 saturated heterocycles. The summed E-state index contributed by atoms with van der Waals surface area (Å²) in [6.45, 7) is 1.21. The normalized spacial score (nSPS) is 24.5. The highest BCUT2D eigenvalue weighted by Crippen LogP contribution is 2.53. The lowest BCUT2D eigenvalue weighted by atomic mass is 9.57. The van der Waals surface area contributed by atoms with Crippen LogP contribution >= 0.6 is 0 Å². The van der Waals surface area contributed by atoms with Crippen molar-refractivity contribution in [1.82, 2.24) is 14.7 Å². The molecule has 12 heteroatoms. The Bertz CT molecular complexity index is 1690. The van der Waals surface area contributed by atoms with Crippen LogP contribution in [-0.4, -0.2) is 118 Å². The first kappa shape index (κ1) is 31.9. The van der Waals surface area contributed by atoms with E-state index in [4.69, 9.17) is 5.73 Å². The van der Waals surface area contributed by atoms with Crippen LogP contribution in [0.5, 0.6) is 5.75 Å². The van der Waals surface area contributed by atoms with E-state index in [2.05, 4.69) is 0 Å². The van der Waals surface area contributed by atoms with E-state index in [1.165, 1.54) is 11.0 Å². The van der Waals surface area contributed by atoms with Crippen molar-refractivity contribution in [3.8, 4) is 16.9 Å². The predicted molar refractivity (Wildman–Crippen MR) is 165 cm³/mol. The number of hydrogen-bond donors (Lipinski definition) is 5. The molecule has 2 amide bonds. The van der Waals surface area contributed by atoms with Crippen LogP contribution < -0.4 is 5.73 Å². The van der Waals surface area contributed by atoms with Gasteiger partial charge in [0.1, 0.15) is 22.8 Å². The number of rotatable bonds is 7. The van der Waals surface area contributed by atoms with Crippen LogP contribution in [-0.2, 0) is 20.8 Å². The van der Waals surface area contributed by atoms with Crippen LogP contribution in [0.4, 0.5) is 0 Å². The van der Waals surface area contributed by atoms with E-state index in [0.717, 1.165) is 0 Å². The molecule has 6 N–H and O–H groups in total. The first-order valence-corrected chi connectivity index (χ1v) is 14.6. The van der Waals surface area contributed by atoms with E-state index < -0.39 is 58.0 Å². The average molecular weight is 619 g/mol. The van der Waals surface area contributed by atoms with Crippen molar-refractivity contribution in [1.29, 1.82) is 0 Å². The fourth-order valence-corrected chi connectivity index (χ4v) is 7.01. The highest BCUT2D eigenvalue weighted by Gasteiger charge is 2.64. The zero-order valence-electron chi connectivity index (χ0n) is 25.9. The van der Waals surface area contributed by atoms with E-state index in [-0.39, 0.29) is 35.6 Å². The lowest BCUT2D eigenvalue weighted by Gasteiger charge is -2.50. The number of carbonyl (C=O) groups is 4. The van der Waals surface area contributed by atoms with Gasteiger partial charge in [0, 0.05) is 37.2 Å². The molecule has 5 rings (SSSR count). The number of primary amides is 1. The number of phenols is 1. The van der Waals surface area contributed by atoms with Gasteiger partial charge in [0.15, 0.2) is 11.4 Å². The van der Waals surface area contributed by atoms with Crippen LogP contribution in [0, 0.1) is 11.8 Å². The maximum absolute atomic E-state index is 14.1. The van der Waals surface area contributed by atoms with Crippen molar-refractivity contribution in [3.63, 3.8) is 0 Å². The van der Waals surface area contributed by atoms with Crippen molar-refractivity contribution in [2.24, 2.45) is 17.6 Å². The van der Waals surface area contributed by atoms with Gasteiger partial charge in [0.05, 0.1) is 11.6 Å². The molecule has 1 saturated carbocycles. The summed E-state index contributed by atoms with van der Waals surface area (Å²) in [5, 5.41) is 45.3. The molecule has 4 atom stereocenters. The number of fused-ring (bicyclic) bond motifs is 3. The lowest BCUT2D eigenvalue weighted by Crippen LogP contribution is -2.65. The number of carbonyl (C=O) groups excluding carboxylic acids is 4. The van der Waals surface area contributed by atoms with E-state index in [1.54, 1.807) is 56.4 Å². The van der Waals surface area contributed by atoms with Gasteiger partial charge in [-0.1, -0.05) is 18.2 Å². The molecule has 0 heterocycles. The van der Waals surface area contributed by atoms with Gasteiger partial charge < -0.3 is 36.0 Å². The lowest BCUT2D eigenvalue weighted by molar-refractivity contribution is -0.153. The van der Waals surface area contributed by atoms with Gasteiger partial charge in [0.2, 0.25) is 5.78 Å². The Morgan fingerprint density at radius 1 is 1.00 bits per heavy atom. The molecule has 0 radical (unpaired) electrons. The molecule has 2 aromatic carbocycles. The molecular formula is C33H38N4O8. The van der Waals surface area contributed by atoms with Gasteiger partial charge >= 0.3 is 0 Å². The second kappa shape index (κ2) is 11.4. The van der Waals surface area contributed by atoms with Crippen LogP contribution in [0.2, 0.25) is 0 Å². The van der Waals surface area contributed by atoms with Gasteiger partial charge in [-0.2, -0.15) is 0 Å². The van der Waals surface area contributed by atoms with Crippen molar-refractivity contribution >= 4 is 29.1 Å². The minimum absolute atomic E-state index is 0.0105. The summed E-state index contributed by atoms with van der Waals surface area (Å²) in [6.07, 6.45) is 0.120. The first-order chi connectivity index (χ1) is 21.1. The third-order valence-corrected chi connectivity index (χ3v) is 9.25. The number of aliphatic hydroxyl groups excluding tert-OH is 2. The largest absolute Gasteiger partial charge is 0.508 e. The molecule has 238 valence electrons. The Labute approximate surface area is 260 Å². The van der Waals surface area contributed by atoms with Crippen LogP contribution in [0.25, 0.3) is 16.9 Å². The number of hydrogen-bond acceptors (Lipinski definition) is 10. The Morgan fingerprint density at radius 2 is 1.69 bits per heavy atom. The molecule has 0 spiro atoms. The number of aromatic hydroxyl groups is 1. The van der Waals surface area contributed by atoms with Crippen molar-refractivity contribution in [2.75, 3.05) is 48.3 Å². The summed E-state index contributed by atoms with van der Waals surface area (Å²) in [4.78, 5) is 57.8. The Kier molecular flexibility index (Phi) is 8.11. The summed E-state index contributed by atoms with van der Waals surface area (Å²) in [6, 6.07) is 8.88. The van der Waals surface area contributed by atoms with Crippen LogP contribution in [0.1, 0.15) is 27.9 Å². The van der Waals surface area contributed by atoms with Crippen LogP contribution in [0.3, 0.4) is 0 Å². The fraction of sp³-hybridized carbons (Fsp3) is 0.394. The molecule has 0 unspecified atom stereocenters. The monoisotopic (exact) mass is 618 g/mol. The van der Waals surface area contributed by atoms with E-state index in [1.807, 2.05) is 19.0 Å². The number of phenolic OH excluding ortho intramolecular Hbond substituents is 1. The third-order valence-electron chi connectivity index (χ3n) is 9.25. The number of ketones is 2. The maximum atomic E-state index is 14.1. The molecule has 12 nitrogen and oxygen atoms in total. The SMILES string of the molecule is CN(C)CCN(C)C(=O)c1cccc(-c2ccc(O)c3c2C[C@H]2C[C@H]4[C@H](N(C)C)C(=O)C(C(N)=O)=C(O)[C@@]4(O)C(=O)C2=C3O)c1.